The molecule has 0 aromatic rings. The third-order valence-electron chi connectivity index (χ3n) is 0. The predicted molar refractivity (Wildman–Crippen MR) is 8.78 cm³/mol. The van der Waals surface area contributed by atoms with Crippen LogP contribution in [0.2, 0.25) is 0 Å². The van der Waals surface area contributed by atoms with Crippen LogP contribution in [0.1, 0.15) is 0 Å². The van der Waals surface area contributed by atoms with Crippen molar-refractivity contribution in [2.75, 3.05) is 0 Å². The van der Waals surface area contributed by atoms with Crippen molar-refractivity contribution in [3.8, 4) is 0 Å². The largest absolute Gasteiger partial charge is 0.522 e. The molecular formula is CH2NY7-. The molecule has 0 aliphatic carbocycles. The summed E-state index contributed by atoms with van der Waals surface area (Å²) in [6.45, 7) is 3.75. The molecule has 0 aliphatic rings. The molecular weight excluding hydrogens is 648 g/mol. The van der Waals surface area contributed by atoms with E-state index in [2.05, 4.69) is 6.72 Å². The maximum Gasteiger partial charge on any atom is 0 e. The first-order valence-corrected chi connectivity index (χ1v) is 0.289. The van der Waals surface area contributed by atoms with Gasteiger partial charge in [0.1, 0.15) is 0 Å². The smallest absolute Gasteiger partial charge is 0 e. The molecule has 8 heteroatoms. The first-order valence-electron chi connectivity index (χ1n) is 0.289. The number of hydrogen-bond donors (Lipinski definition) is 1. The summed E-state index contributed by atoms with van der Waals surface area (Å²) >= 11 is 0. The van der Waals surface area contributed by atoms with Gasteiger partial charge in [0.25, 0.3) is 0 Å². The minimum atomic E-state index is 0. The van der Waals surface area contributed by atoms with Crippen molar-refractivity contribution >= 4 is 6.72 Å². The molecule has 0 aliphatic heterocycles. The van der Waals surface area contributed by atoms with E-state index >= 15 is 0 Å². The number of hydrogen-bond acceptors (Lipinski definition) is 1. The zero-order valence-electron chi connectivity index (χ0n) is 5.12. The summed E-state index contributed by atoms with van der Waals surface area (Å²) in [4.78, 5) is 0. The van der Waals surface area contributed by atoms with Crippen LogP contribution in [-0.2, 0) is 229 Å². The Morgan fingerprint density at radius 1 is 0.444 bits per heavy atom. The second kappa shape index (κ2) is 58.3. The van der Waals surface area contributed by atoms with Gasteiger partial charge in [-0.25, -0.2) is 0 Å². The van der Waals surface area contributed by atoms with Gasteiger partial charge in [-0.05, 0) is 0 Å². The molecule has 9 heavy (non-hydrogen) atoms. The summed E-state index contributed by atoms with van der Waals surface area (Å²) in [7, 11) is 0. The Bertz CT molecular complexity index is 8.88. The monoisotopic (exact) mass is 650 g/mol. The van der Waals surface area contributed by atoms with Gasteiger partial charge in [-0.1, -0.05) is 0 Å². The van der Waals surface area contributed by atoms with E-state index in [9.17, 15) is 0 Å². The molecule has 1 nitrogen and oxygen atoms in total. The Hall–Kier alpha value is 7.40. The molecule has 0 bridgehead atoms. The van der Waals surface area contributed by atoms with Crippen molar-refractivity contribution in [2.45, 2.75) is 0 Å². The van der Waals surface area contributed by atoms with E-state index < -0.39 is 0 Å². The van der Waals surface area contributed by atoms with Crippen LogP contribution < -0.4 is 0 Å². The first-order chi connectivity index (χ1) is 1.00. The molecule has 33 valence electrons. The van der Waals surface area contributed by atoms with E-state index in [4.69, 9.17) is 5.41 Å². The molecule has 0 fully saturated rings. The van der Waals surface area contributed by atoms with Gasteiger partial charge >= 0.3 is 0 Å². The van der Waals surface area contributed by atoms with E-state index in [1.807, 2.05) is 0 Å². The summed E-state index contributed by atoms with van der Waals surface area (Å²) in [5.74, 6) is 0. The molecule has 0 saturated heterocycles. The minimum absolute atomic E-state index is 0. The number of rotatable bonds is 0. The van der Waals surface area contributed by atoms with Crippen LogP contribution in [0.5, 0.6) is 0 Å². The van der Waals surface area contributed by atoms with Crippen molar-refractivity contribution in [3.63, 3.8) is 0 Å². The molecule has 0 saturated carbocycles. The van der Waals surface area contributed by atoms with E-state index in [0.29, 0.717) is 0 Å². The van der Waals surface area contributed by atoms with E-state index in [1.165, 1.54) is 0 Å². The van der Waals surface area contributed by atoms with Crippen LogP contribution in [0.25, 0.3) is 0 Å². The van der Waals surface area contributed by atoms with E-state index in [1.54, 1.807) is 0 Å². The maximum atomic E-state index is 5.25. The minimum Gasteiger partial charge on any atom is -0.522 e. The van der Waals surface area contributed by atoms with Gasteiger partial charge in [0.15, 0.2) is 0 Å². The van der Waals surface area contributed by atoms with Gasteiger partial charge in [0.2, 0.25) is 0 Å². The van der Waals surface area contributed by atoms with Gasteiger partial charge in [-0.2, -0.15) is 0 Å². The summed E-state index contributed by atoms with van der Waals surface area (Å²) in [5.41, 5.74) is 0. The number of nitrogens with one attached hydrogen (secondary N) is 1. The van der Waals surface area contributed by atoms with Gasteiger partial charge in [-0.3, -0.25) is 0 Å². The Morgan fingerprint density at radius 2 is 0.444 bits per heavy atom. The average molecular weight is 650 g/mol. The fourth-order valence-electron chi connectivity index (χ4n) is 0. The van der Waals surface area contributed by atoms with Gasteiger partial charge in [0, 0.05) is 229 Å². The fourth-order valence-corrected chi connectivity index (χ4v) is 0. The molecule has 0 spiro atoms. The normalized spacial score (nSPS) is 0.444. The molecule has 0 aromatic heterocycles. The SMILES string of the molecule is [CH-]=N.[Y].[Y].[Y].[Y].[Y].[Y].[Y]. The van der Waals surface area contributed by atoms with Gasteiger partial charge < -0.3 is 12.1 Å². The van der Waals surface area contributed by atoms with Crippen LogP contribution in [0.4, 0.5) is 0 Å². The van der Waals surface area contributed by atoms with E-state index in [-0.39, 0.29) is 229 Å². The standard InChI is InChI=1S/CH2N.7Y/c1-2;;;;;;;/h1-2H;;;;;;;/q-1;;;;;;;. The molecule has 0 rings (SSSR count). The Kier molecular flexibility index (Phi) is 357. The molecule has 0 heterocycles. The summed E-state index contributed by atoms with van der Waals surface area (Å²) in [6, 6.07) is 0. The van der Waals surface area contributed by atoms with Crippen LogP contribution in [0, 0.1) is 5.41 Å². The predicted octanol–water partition coefficient (Wildman–Crippen LogP) is 0.125. The second-order valence-corrected chi connectivity index (χ2v) is 0. The molecule has 1 N–H and O–H groups in total. The first kappa shape index (κ1) is 55.1. The van der Waals surface area contributed by atoms with E-state index in [0.717, 1.165) is 0 Å². The zero-order chi connectivity index (χ0) is 2.00. The molecule has 0 atom stereocenters. The van der Waals surface area contributed by atoms with Crippen LogP contribution >= 0.6 is 0 Å². The summed E-state index contributed by atoms with van der Waals surface area (Å²) in [5, 5.41) is 5.25. The summed E-state index contributed by atoms with van der Waals surface area (Å²) < 4.78 is 0. The molecule has 7 radical (unpaired) electrons. The second-order valence-electron chi connectivity index (χ2n) is 0. The quantitative estimate of drug-likeness (QED) is 0.285. The third-order valence-corrected chi connectivity index (χ3v) is 0. The Labute approximate surface area is 233 Å². The van der Waals surface area contributed by atoms with Gasteiger partial charge in [-0.15, -0.1) is 0 Å². The van der Waals surface area contributed by atoms with Gasteiger partial charge in [0.05, 0.1) is 0 Å². The Balaban J connectivity index is -0.000000000238. The van der Waals surface area contributed by atoms with Crippen molar-refractivity contribution in [1.29, 1.82) is 5.41 Å². The van der Waals surface area contributed by atoms with Crippen LogP contribution in [0.15, 0.2) is 0 Å². The van der Waals surface area contributed by atoms with Crippen LogP contribution in [-0.4, -0.2) is 6.72 Å². The van der Waals surface area contributed by atoms with Crippen molar-refractivity contribution in [2.24, 2.45) is 0 Å². The van der Waals surface area contributed by atoms with Crippen molar-refractivity contribution < 1.29 is 229 Å². The summed E-state index contributed by atoms with van der Waals surface area (Å²) in [6.07, 6.45) is 0. The van der Waals surface area contributed by atoms with Crippen molar-refractivity contribution in [1.82, 2.24) is 0 Å². The maximum absolute atomic E-state index is 5.25. The average Bonchev–Trinajstić information content (AvgIpc) is 1.00. The topological polar surface area (TPSA) is 23.9 Å². The van der Waals surface area contributed by atoms with Crippen molar-refractivity contribution in [3.05, 3.63) is 0 Å². The molecule has 0 amide bonds. The zero-order valence-corrected chi connectivity index (χ0v) is 25.0. The Morgan fingerprint density at radius 3 is 0.444 bits per heavy atom. The fraction of sp³-hybridized carbons (Fsp3) is 0. The molecule has 0 unspecified atom stereocenters. The third kappa shape index (κ3) is 50.5. The molecule has 0 aromatic carbocycles. The van der Waals surface area contributed by atoms with Crippen LogP contribution in [0.3, 0.4) is 0 Å².